The molecule has 2 aliphatic rings. The zero-order valence-corrected chi connectivity index (χ0v) is 16.6. The summed E-state index contributed by atoms with van der Waals surface area (Å²) in [5.74, 6) is 3.53. The van der Waals surface area contributed by atoms with Gasteiger partial charge in [-0.3, -0.25) is 4.99 Å². The molecule has 0 saturated carbocycles. The minimum atomic E-state index is 0.301. The van der Waals surface area contributed by atoms with Gasteiger partial charge in [-0.05, 0) is 38.3 Å². The number of guanidine groups is 1. The number of piperidine rings is 1. The van der Waals surface area contributed by atoms with Gasteiger partial charge in [-0.25, -0.2) is 0 Å². The average molecular weight is 363 g/mol. The lowest BCUT2D eigenvalue weighted by Gasteiger charge is -2.29. The van der Waals surface area contributed by atoms with Gasteiger partial charge in [0, 0.05) is 45.6 Å². The van der Waals surface area contributed by atoms with Crippen molar-refractivity contribution in [1.82, 2.24) is 25.3 Å². The van der Waals surface area contributed by atoms with Gasteiger partial charge in [0.15, 0.2) is 11.8 Å². The Kier molecular flexibility index (Phi) is 6.88. The summed E-state index contributed by atoms with van der Waals surface area (Å²) >= 11 is 0. The van der Waals surface area contributed by atoms with E-state index in [0.717, 1.165) is 43.8 Å². The highest BCUT2D eigenvalue weighted by Crippen LogP contribution is 2.20. The summed E-state index contributed by atoms with van der Waals surface area (Å²) in [6, 6.07) is 0. The van der Waals surface area contributed by atoms with E-state index in [2.05, 4.69) is 44.1 Å². The van der Waals surface area contributed by atoms with Gasteiger partial charge >= 0.3 is 0 Å². The number of hydrogen-bond acceptors (Lipinski definition) is 5. The molecule has 0 aliphatic carbocycles. The fourth-order valence-corrected chi connectivity index (χ4v) is 3.90. The van der Waals surface area contributed by atoms with Gasteiger partial charge in [-0.2, -0.15) is 4.98 Å². The monoisotopic (exact) mass is 362 g/mol. The van der Waals surface area contributed by atoms with E-state index in [9.17, 15) is 0 Å². The minimum absolute atomic E-state index is 0.301. The summed E-state index contributed by atoms with van der Waals surface area (Å²) < 4.78 is 5.31. The van der Waals surface area contributed by atoms with Crippen molar-refractivity contribution in [3.8, 4) is 0 Å². The molecule has 0 aromatic carbocycles. The molecule has 146 valence electrons. The van der Waals surface area contributed by atoms with E-state index in [-0.39, 0.29) is 0 Å². The standard InChI is InChI=1S/C19H34N6O/c1-15(2)18-22-17(26-23-18)7-9-21-19(20-3)25-12-8-16(14-25)13-24-10-5-4-6-11-24/h15-16H,4-14H2,1-3H3,(H,20,21). The smallest absolute Gasteiger partial charge is 0.228 e. The van der Waals surface area contributed by atoms with Crippen molar-refractivity contribution in [3.05, 3.63) is 11.7 Å². The van der Waals surface area contributed by atoms with Gasteiger partial charge in [0.1, 0.15) is 0 Å². The van der Waals surface area contributed by atoms with Crippen LogP contribution in [0.3, 0.4) is 0 Å². The summed E-state index contributed by atoms with van der Waals surface area (Å²) in [6.45, 7) is 10.9. The molecule has 0 radical (unpaired) electrons. The summed E-state index contributed by atoms with van der Waals surface area (Å²) in [7, 11) is 1.86. The second kappa shape index (κ2) is 9.35. The number of likely N-dealkylation sites (tertiary alicyclic amines) is 2. The van der Waals surface area contributed by atoms with Gasteiger partial charge in [-0.1, -0.05) is 25.4 Å². The zero-order valence-electron chi connectivity index (χ0n) is 16.6. The molecule has 2 fully saturated rings. The van der Waals surface area contributed by atoms with E-state index in [1.807, 2.05) is 7.05 Å². The molecule has 0 amide bonds. The molecule has 0 spiro atoms. The number of hydrogen-bond donors (Lipinski definition) is 1. The third-order valence-corrected chi connectivity index (χ3v) is 5.38. The molecule has 1 atom stereocenters. The maximum atomic E-state index is 5.31. The second-order valence-electron chi connectivity index (χ2n) is 7.89. The van der Waals surface area contributed by atoms with Crippen LogP contribution in [0, 0.1) is 5.92 Å². The SMILES string of the molecule is CN=C(NCCc1nc(C(C)C)no1)N1CCC(CN2CCCCC2)C1. The quantitative estimate of drug-likeness (QED) is 0.617. The van der Waals surface area contributed by atoms with Crippen molar-refractivity contribution in [1.29, 1.82) is 0 Å². The van der Waals surface area contributed by atoms with Crippen molar-refractivity contribution in [3.63, 3.8) is 0 Å². The van der Waals surface area contributed by atoms with Gasteiger partial charge in [0.05, 0.1) is 0 Å². The maximum Gasteiger partial charge on any atom is 0.228 e. The topological polar surface area (TPSA) is 69.8 Å². The van der Waals surface area contributed by atoms with Crippen LogP contribution in [0.1, 0.15) is 57.2 Å². The van der Waals surface area contributed by atoms with Gasteiger partial charge in [0.2, 0.25) is 5.89 Å². The van der Waals surface area contributed by atoms with Crippen LogP contribution < -0.4 is 5.32 Å². The van der Waals surface area contributed by atoms with Crippen LogP contribution in [0.2, 0.25) is 0 Å². The molecule has 3 heterocycles. The number of rotatable bonds is 6. The molecule has 7 heteroatoms. The van der Waals surface area contributed by atoms with Crippen LogP contribution in [-0.2, 0) is 6.42 Å². The average Bonchev–Trinajstić information content (AvgIpc) is 3.29. The lowest BCUT2D eigenvalue weighted by Crippen LogP contribution is -2.42. The molecular formula is C19H34N6O. The molecule has 1 aromatic heterocycles. The van der Waals surface area contributed by atoms with Gasteiger partial charge in [-0.15, -0.1) is 0 Å². The highest BCUT2D eigenvalue weighted by molar-refractivity contribution is 5.80. The molecule has 26 heavy (non-hydrogen) atoms. The summed E-state index contributed by atoms with van der Waals surface area (Å²) in [5, 5.41) is 7.47. The predicted octanol–water partition coefficient (Wildman–Crippen LogP) is 2.12. The lowest BCUT2D eigenvalue weighted by molar-refractivity contribution is 0.198. The normalized spacial score (nSPS) is 22.4. The van der Waals surface area contributed by atoms with E-state index in [1.165, 1.54) is 45.3 Å². The molecule has 2 aliphatic heterocycles. The first-order valence-electron chi connectivity index (χ1n) is 10.2. The molecular weight excluding hydrogens is 328 g/mol. The third-order valence-electron chi connectivity index (χ3n) is 5.38. The van der Waals surface area contributed by atoms with E-state index in [4.69, 9.17) is 4.52 Å². The van der Waals surface area contributed by atoms with Crippen LogP contribution in [0.5, 0.6) is 0 Å². The van der Waals surface area contributed by atoms with E-state index < -0.39 is 0 Å². The number of aliphatic imine (C=N–C) groups is 1. The van der Waals surface area contributed by atoms with Crippen molar-refractivity contribution >= 4 is 5.96 Å². The van der Waals surface area contributed by atoms with E-state index >= 15 is 0 Å². The molecule has 0 bridgehead atoms. The Bertz CT molecular complexity index is 578. The minimum Gasteiger partial charge on any atom is -0.356 e. The van der Waals surface area contributed by atoms with Crippen LogP contribution in [0.15, 0.2) is 9.52 Å². The Morgan fingerprint density at radius 3 is 2.77 bits per heavy atom. The highest BCUT2D eigenvalue weighted by atomic mass is 16.5. The summed E-state index contributed by atoms with van der Waals surface area (Å²) in [5.41, 5.74) is 0. The fourth-order valence-electron chi connectivity index (χ4n) is 3.90. The Morgan fingerprint density at radius 1 is 1.27 bits per heavy atom. The largest absolute Gasteiger partial charge is 0.356 e. The third kappa shape index (κ3) is 5.19. The van der Waals surface area contributed by atoms with Crippen LogP contribution in [0.4, 0.5) is 0 Å². The van der Waals surface area contributed by atoms with Crippen molar-refractivity contribution in [2.45, 2.75) is 51.9 Å². The van der Waals surface area contributed by atoms with Crippen molar-refractivity contribution in [2.24, 2.45) is 10.9 Å². The first kappa shape index (κ1) is 19.1. The Hall–Kier alpha value is -1.63. The molecule has 2 saturated heterocycles. The molecule has 3 rings (SSSR count). The Balaban J connectivity index is 1.41. The van der Waals surface area contributed by atoms with Gasteiger partial charge in [0.25, 0.3) is 0 Å². The Morgan fingerprint density at radius 2 is 2.08 bits per heavy atom. The molecule has 1 unspecified atom stereocenters. The summed E-state index contributed by atoms with van der Waals surface area (Å²) in [6.07, 6.45) is 6.13. The number of nitrogens with one attached hydrogen (secondary N) is 1. The van der Waals surface area contributed by atoms with Crippen molar-refractivity contribution in [2.75, 3.05) is 46.3 Å². The van der Waals surface area contributed by atoms with Crippen molar-refractivity contribution < 1.29 is 4.52 Å². The first-order valence-corrected chi connectivity index (χ1v) is 10.2. The predicted molar refractivity (Wildman–Crippen MR) is 103 cm³/mol. The second-order valence-corrected chi connectivity index (χ2v) is 7.89. The van der Waals surface area contributed by atoms with Crippen LogP contribution >= 0.6 is 0 Å². The zero-order chi connectivity index (χ0) is 18.4. The number of nitrogens with zero attached hydrogens (tertiary/aromatic N) is 5. The molecule has 1 aromatic rings. The molecule has 1 N–H and O–H groups in total. The van der Waals surface area contributed by atoms with Crippen LogP contribution in [-0.4, -0.2) is 72.2 Å². The van der Waals surface area contributed by atoms with Gasteiger partial charge < -0.3 is 19.6 Å². The van der Waals surface area contributed by atoms with Crippen LogP contribution in [0.25, 0.3) is 0 Å². The maximum absolute atomic E-state index is 5.31. The lowest BCUT2D eigenvalue weighted by atomic mass is 10.1. The van der Waals surface area contributed by atoms with E-state index in [1.54, 1.807) is 0 Å². The first-order chi connectivity index (χ1) is 12.7. The summed E-state index contributed by atoms with van der Waals surface area (Å²) in [4.78, 5) is 13.9. The molecule has 7 nitrogen and oxygen atoms in total. The highest BCUT2D eigenvalue weighted by Gasteiger charge is 2.26. The Labute approximate surface area is 157 Å². The van der Waals surface area contributed by atoms with E-state index in [0.29, 0.717) is 11.8 Å². The fraction of sp³-hybridized carbons (Fsp3) is 0.842. The number of aromatic nitrogens is 2.